The van der Waals surface area contributed by atoms with E-state index < -0.39 is 5.97 Å². The fourth-order valence-corrected chi connectivity index (χ4v) is 0.529. The maximum absolute atomic E-state index is 10.2. The van der Waals surface area contributed by atoms with Gasteiger partial charge < -0.3 is 5.11 Å². The summed E-state index contributed by atoms with van der Waals surface area (Å²) >= 11 is 0. The van der Waals surface area contributed by atoms with E-state index in [0.29, 0.717) is 5.56 Å². The normalized spacial score (nSPS) is 7.17. The Balaban J connectivity index is 0. The van der Waals surface area contributed by atoms with Crippen molar-refractivity contribution >= 4 is 5.97 Å². The van der Waals surface area contributed by atoms with Crippen LogP contribution >= 0.6 is 0 Å². The van der Waals surface area contributed by atoms with Gasteiger partial charge in [-0.1, -0.05) is 13.8 Å². The molecule has 0 amide bonds. The first-order valence-corrected chi connectivity index (χ1v) is 3.50. The van der Waals surface area contributed by atoms with E-state index in [-0.39, 0.29) is 21.1 Å². The number of carbonyl (C=O) groups is 1. The molecule has 1 aromatic rings. The maximum Gasteiger partial charge on any atom is 0.311 e. The van der Waals surface area contributed by atoms with E-state index in [9.17, 15) is 4.79 Å². The van der Waals surface area contributed by atoms with Crippen LogP contribution in [0.25, 0.3) is 0 Å². The van der Waals surface area contributed by atoms with Crippen LogP contribution in [0, 0.1) is 6.07 Å². The van der Waals surface area contributed by atoms with Gasteiger partial charge in [0.05, 0.1) is 0 Å². The van der Waals surface area contributed by atoms with Crippen LogP contribution in [0.4, 0.5) is 0 Å². The molecule has 0 aliphatic carbocycles. The van der Waals surface area contributed by atoms with Crippen molar-refractivity contribution in [3.63, 3.8) is 0 Å². The molecule has 1 N–H and O–H groups in total. The van der Waals surface area contributed by atoms with Gasteiger partial charge in [-0.3, -0.25) is 0 Å². The van der Waals surface area contributed by atoms with Gasteiger partial charge in [-0.2, -0.15) is 30.3 Å². The predicted molar refractivity (Wildman–Crippen MR) is 43.6 cm³/mol. The Hall–Kier alpha value is -0.622. The van der Waals surface area contributed by atoms with E-state index in [2.05, 4.69) is 6.07 Å². The van der Waals surface area contributed by atoms with Crippen molar-refractivity contribution in [3.8, 4) is 0 Å². The minimum Gasteiger partial charge on any atom is -0.479 e. The van der Waals surface area contributed by atoms with Crippen LogP contribution in [0.2, 0.25) is 0 Å². The molecule has 0 fully saturated rings. The van der Waals surface area contributed by atoms with Crippen LogP contribution < -0.4 is 0 Å². The second-order valence-electron chi connectivity index (χ2n) is 1.59. The first-order chi connectivity index (χ1) is 5.30. The van der Waals surface area contributed by atoms with Crippen LogP contribution in [0.1, 0.15) is 24.2 Å². The summed E-state index contributed by atoms with van der Waals surface area (Å²) in [6.07, 6.45) is 0. The summed E-state index contributed by atoms with van der Waals surface area (Å²) in [6.45, 7) is 4.00. The summed E-state index contributed by atoms with van der Waals surface area (Å²) in [5.74, 6) is -0.899. The Morgan fingerprint density at radius 3 is 2.00 bits per heavy atom. The molecule has 0 unspecified atom stereocenters. The second kappa shape index (κ2) is 8.47. The molecule has 1 rings (SSSR count). The molecule has 12 heavy (non-hydrogen) atoms. The van der Waals surface area contributed by atoms with Crippen molar-refractivity contribution < 1.29 is 31.0 Å². The molecule has 0 aliphatic heterocycles. The van der Waals surface area contributed by atoms with Gasteiger partial charge in [-0.25, -0.2) is 4.79 Å². The molecule has 3 heteroatoms. The van der Waals surface area contributed by atoms with Crippen molar-refractivity contribution in [2.24, 2.45) is 0 Å². The van der Waals surface area contributed by atoms with E-state index in [0.717, 1.165) is 0 Å². The molecule has 0 saturated carbocycles. The summed E-state index contributed by atoms with van der Waals surface area (Å²) < 4.78 is 0. The minimum absolute atomic E-state index is 0. The third-order valence-electron chi connectivity index (χ3n) is 0.965. The first kappa shape index (κ1) is 13.9. The average molecular weight is 335 g/mol. The number of rotatable bonds is 1. The molecule has 0 aromatic heterocycles. The molecular formula is C9H11O2W-. The second-order valence-corrected chi connectivity index (χ2v) is 1.59. The number of carboxylic acid groups (broad SMARTS) is 1. The van der Waals surface area contributed by atoms with Crippen molar-refractivity contribution in [2.45, 2.75) is 13.8 Å². The summed E-state index contributed by atoms with van der Waals surface area (Å²) in [4.78, 5) is 10.2. The Morgan fingerprint density at radius 1 is 1.33 bits per heavy atom. The molecule has 0 aliphatic rings. The van der Waals surface area contributed by atoms with Gasteiger partial charge in [0, 0.05) is 21.1 Å². The average Bonchev–Trinajstić information content (AvgIpc) is 2.10. The van der Waals surface area contributed by atoms with Gasteiger partial charge in [0.15, 0.2) is 0 Å². The molecule has 1 aromatic carbocycles. The standard InChI is InChI=1S/C7H5O2.C2H6.W/c8-7(9)6-4-2-1-3-5-6;1-2;/h2-5H,(H,8,9);1-2H3;/q-1;;. The van der Waals surface area contributed by atoms with Crippen LogP contribution in [0.15, 0.2) is 24.3 Å². The van der Waals surface area contributed by atoms with Gasteiger partial charge in [-0.05, 0) is 5.56 Å². The van der Waals surface area contributed by atoms with Crippen LogP contribution in [0.5, 0.6) is 0 Å². The molecule has 0 saturated heterocycles. The Kier molecular flexibility index (Phi) is 9.84. The summed E-state index contributed by atoms with van der Waals surface area (Å²) in [6, 6.07) is 8.87. The smallest absolute Gasteiger partial charge is 0.311 e. The fraction of sp³-hybridized carbons (Fsp3) is 0.222. The van der Waals surface area contributed by atoms with Crippen molar-refractivity contribution in [3.05, 3.63) is 35.9 Å². The summed E-state index contributed by atoms with van der Waals surface area (Å²) in [5.41, 5.74) is 0.300. The maximum atomic E-state index is 10.2. The fourth-order valence-electron chi connectivity index (χ4n) is 0.529. The Bertz CT molecular complexity index is 209. The zero-order valence-electron chi connectivity index (χ0n) is 7.07. The predicted octanol–water partition coefficient (Wildman–Crippen LogP) is 2.21. The number of benzene rings is 1. The number of aromatic carboxylic acids is 1. The zero-order valence-corrected chi connectivity index (χ0v) is 10.0. The van der Waals surface area contributed by atoms with Gasteiger partial charge >= 0.3 is 5.97 Å². The topological polar surface area (TPSA) is 37.3 Å². The quantitative estimate of drug-likeness (QED) is 0.799. The Labute approximate surface area is 86.9 Å². The van der Waals surface area contributed by atoms with Crippen molar-refractivity contribution in [2.75, 3.05) is 0 Å². The third kappa shape index (κ3) is 5.08. The monoisotopic (exact) mass is 335 g/mol. The summed E-state index contributed by atoms with van der Waals surface area (Å²) in [5, 5.41) is 8.37. The largest absolute Gasteiger partial charge is 0.479 e. The SMILES string of the molecule is CC.O=C(O)c1cc[c-]cc1.[W]. The van der Waals surface area contributed by atoms with E-state index in [1.54, 1.807) is 12.1 Å². The molecule has 0 atom stereocenters. The third-order valence-corrected chi connectivity index (χ3v) is 0.965. The summed E-state index contributed by atoms with van der Waals surface area (Å²) in [7, 11) is 0. The van der Waals surface area contributed by atoms with Crippen LogP contribution in [-0.4, -0.2) is 11.1 Å². The van der Waals surface area contributed by atoms with E-state index >= 15 is 0 Å². The van der Waals surface area contributed by atoms with Crippen molar-refractivity contribution in [1.29, 1.82) is 0 Å². The number of carboxylic acids is 1. The minimum atomic E-state index is -0.899. The molecule has 66 valence electrons. The Morgan fingerprint density at radius 2 is 1.75 bits per heavy atom. The van der Waals surface area contributed by atoms with Crippen LogP contribution in [-0.2, 0) is 21.1 Å². The van der Waals surface area contributed by atoms with E-state index in [1.807, 2.05) is 13.8 Å². The zero-order chi connectivity index (χ0) is 8.69. The molecule has 0 heterocycles. The molecule has 2 nitrogen and oxygen atoms in total. The number of hydrogen-bond acceptors (Lipinski definition) is 1. The van der Waals surface area contributed by atoms with Gasteiger partial charge in [0.25, 0.3) is 0 Å². The van der Waals surface area contributed by atoms with Gasteiger partial charge in [0.1, 0.15) is 0 Å². The molecule has 0 spiro atoms. The molecule has 0 radical (unpaired) electrons. The molecule has 0 bridgehead atoms. The van der Waals surface area contributed by atoms with E-state index in [1.165, 1.54) is 12.1 Å². The van der Waals surface area contributed by atoms with Crippen LogP contribution in [0.3, 0.4) is 0 Å². The van der Waals surface area contributed by atoms with Crippen molar-refractivity contribution in [1.82, 2.24) is 0 Å². The van der Waals surface area contributed by atoms with Gasteiger partial charge in [0.2, 0.25) is 0 Å². The van der Waals surface area contributed by atoms with Gasteiger partial charge in [-0.15, -0.1) is 0 Å². The molecular weight excluding hydrogens is 324 g/mol. The van der Waals surface area contributed by atoms with E-state index in [4.69, 9.17) is 5.11 Å². The first-order valence-electron chi connectivity index (χ1n) is 3.50. The number of hydrogen-bond donors (Lipinski definition) is 1.